The molecule has 1 rings (SSSR count). The first-order valence-electron chi connectivity index (χ1n) is 6.13. The first kappa shape index (κ1) is 13.5. The highest BCUT2D eigenvalue weighted by Gasteiger charge is 2.30. The van der Waals surface area contributed by atoms with Crippen LogP contribution in [0.1, 0.15) is 34.1 Å². The van der Waals surface area contributed by atoms with Crippen LogP contribution >= 0.6 is 0 Å². The largest absolute Gasteiger partial charge is 0.481 e. The number of hydrogen-bond acceptors (Lipinski definition) is 3. The monoisotopic (exact) mass is 228 g/mol. The van der Waals surface area contributed by atoms with Gasteiger partial charge in [-0.3, -0.25) is 14.6 Å². The zero-order valence-corrected chi connectivity index (χ0v) is 10.8. The number of carbonyl (C=O) groups is 1. The molecule has 0 aromatic rings. The van der Waals surface area contributed by atoms with Gasteiger partial charge in [0, 0.05) is 37.8 Å². The molecular formula is C12H24N2O2. The van der Waals surface area contributed by atoms with E-state index in [1.54, 1.807) is 0 Å². The second kappa shape index (κ2) is 5.64. The Balaban J connectivity index is 2.65. The Hall–Kier alpha value is -0.610. The topological polar surface area (TPSA) is 43.8 Å². The molecule has 0 aromatic carbocycles. The molecule has 1 aliphatic rings. The lowest BCUT2D eigenvalue weighted by atomic mass is 10.1. The summed E-state index contributed by atoms with van der Waals surface area (Å²) in [4.78, 5) is 15.5. The van der Waals surface area contributed by atoms with Crippen LogP contribution in [-0.4, -0.2) is 58.6 Å². The van der Waals surface area contributed by atoms with E-state index >= 15 is 0 Å². The van der Waals surface area contributed by atoms with Crippen molar-refractivity contribution in [3.05, 3.63) is 0 Å². The molecule has 1 heterocycles. The highest BCUT2D eigenvalue weighted by molar-refractivity contribution is 5.67. The van der Waals surface area contributed by atoms with Crippen LogP contribution in [0.2, 0.25) is 0 Å². The van der Waals surface area contributed by atoms with Crippen LogP contribution in [-0.2, 0) is 4.79 Å². The molecule has 94 valence electrons. The van der Waals surface area contributed by atoms with Crippen LogP contribution in [0.3, 0.4) is 0 Å². The summed E-state index contributed by atoms with van der Waals surface area (Å²) >= 11 is 0. The molecule has 0 aromatic heterocycles. The van der Waals surface area contributed by atoms with Crippen molar-refractivity contribution >= 4 is 5.97 Å². The van der Waals surface area contributed by atoms with Crippen molar-refractivity contribution in [1.82, 2.24) is 9.80 Å². The summed E-state index contributed by atoms with van der Waals surface area (Å²) in [6, 6.07) is 1.10. The second-order valence-corrected chi connectivity index (χ2v) is 5.17. The number of hydrogen-bond donors (Lipinski definition) is 1. The zero-order valence-electron chi connectivity index (χ0n) is 10.8. The van der Waals surface area contributed by atoms with E-state index in [9.17, 15) is 4.79 Å². The third-order valence-corrected chi connectivity index (χ3v) is 3.36. The van der Waals surface area contributed by atoms with Gasteiger partial charge >= 0.3 is 5.97 Å². The van der Waals surface area contributed by atoms with E-state index in [-0.39, 0.29) is 12.5 Å². The number of carboxylic acid groups (broad SMARTS) is 1. The van der Waals surface area contributed by atoms with Crippen molar-refractivity contribution in [2.45, 2.75) is 52.2 Å². The molecule has 1 N–H and O–H groups in total. The van der Waals surface area contributed by atoms with Crippen molar-refractivity contribution in [2.75, 3.05) is 19.6 Å². The highest BCUT2D eigenvalue weighted by Crippen LogP contribution is 2.17. The van der Waals surface area contributed by atoms with Crippen molar-refractivity contribution in [3.8, 4) is 0 Å². The fourth-order valence-corrected chi connectivity index (χ4v) is 2.43. The van der Waals surface area contributed by atoms with Crippen molar-refractivity contribution in [3.63, 3.8) is 0 Å². The van der Waals surface area contributed by atoms with E-state index in [1.165, 1.54) is 0 Å². The Bertz CT molecular complexity index is 241. The molecule has 0 bridgehead atoms. The molecule has 1 aliphatic heterocycles. The molecule has 4 nitrogen and oxygen atoms in total. The average molecular weight is 228 g/mol. The van der Waals surface area contributed by atoms with E-state index in [0.29, 0.717) is 12.1 Å². The Labute approximate surface area is 98.2 Å². The Kier molecular flexibility index (Phi) is 4.74. The van der Waals surface area contributed by atoms with Gasteiger partial charge in [-0.05, 0) is 27.7 Å². The van der Waals surface area contributed by atoms with Crippen LogP contribution < -0.4 is 0 Å². The van der Waals surface area contributed by atoms with Crippen molar-refractivity contribution in [1.29, 1.82) is 0 Å². The van der Waals surface area contributed by atoms with Crippen LogP contribution in [0.5, 0.6) is 0 Å². The predicted molar refractivity (Wildman–Crippen MR) is 64.6 cm³/mol. The number of rotatable bonds is 4. The molecule has 0 aliphatic carbocycles. The summed E-state index contributed by atoms with van der Waals surface area (Å²) in [5, 5.41) is 8.94. The lowest BCUT2D eigenvalue weighted by molar-refractivity contribution is -0.139. The third-order valence-electron chi connectivity index (χ3n) is 3.36. The minimum atomic E-state index is -0.693. The van der Waals surface area contributed by atoms with Crippen molar-refractivity contribution < 1.29 is 9.90 Å². The third kappa shape index (κ3) is 3.46. The molecule has 0 saturated carbocycles. The van der Waals surface area contributed by atoms with Gasteiger partial charge in [0.15, 0.2) is 0 Å². The van der Waals surface area contributed by atoms with Crippen LogP contribution in [0.15, 0.2) is 0 Å². The first-order chi connectivity index (χ1) is 7.41. The molecule has 4 heteroatoms. The lowest BCUT2D eigenvalue weighted by Gasteiger charge is -2.44. The summed E-state index contributed by atoms with van der Waals surface area (Å²) in [5.74, 6) is -0.693. The number of carboxylic acids is 1. The van der Waals surface area contributed by atoms with E-state index in [2.05, 4.69) is 37.5 Å². The molecule has 0 unspecified atom stereocenters. The molecule has 0 amide bonds. The van der Waals surface area contributed by atoms with Gasteiger partial charge in [0.05, 0.1) is 6.42 Å². The smallest absolute Gasteiger partial charge is 0.304 e. The van der Waals surface area contributed by atoms with Gasteiger partial charge in [0.25, 0.3) is 0 Å². The Morgan fingerprint density at radius 3 is 2.31 bits per heavy atom. The Morgan fingerprint density at radius 1 is 1.25 bits per heavy atom. The fourth-order valence-electron chi connectivity index (χ4n) is 2.43. The maximum atomic E-state index is 10.9. The number of nitrogens with zero attached hydrogens (tertiary/aromatic N) is 2. The molecule has 1 fully saturated rings. The van der Waals surface area contributed by atoms with Gasteiger partial charge in [-0.15, -0.1) is 0 Å². The van der Waals surface area contributed by atoms with Gasteiger partial charge in [-0.2, -0.15) is 0 Å². The SMILES string of the molecule is CC(C)N1CCN(C(C)C)[C@@H](CC(=O)O)C1. The van der Waals surface area contributed by atoms with E-state index in [1.807, 2.05) is 0 Å². The predicted octanol–water partition coefficient (Wildman–Crippen LogP) is 1.26. The van der Waals surface area contributed by atoms with Gasteiger partial charge in [0.1, 0.15) is 0 Å². The fraction of sp³-hybridized carbons (Fsp3) is 0.917. The summed E-state index contributed by atoms with van der Waals surface area (Å²) in [6.07, 6.45) is 0.251. The standard InChI is InChI=1S/C12H24N2O2/c1-9(2)13-5-6-14(10(3)4)11(8-13)7-12(15)16/h9-11H,5-8H2,1-4H3,(H,15,16)/t11-/m0/s1. The summed E-state index contributed by atoms with van der Waals surface area (Å²) in [7, 11) is 0. The molecule has 0 radical (unpaired) electrons. The normalized spacial score (nSPS) is 24.2. The van der Waals surface area contributed by atoms with Gasteiger partial charge in [0.2, 0.25) is 0 Å². The second-order valence-electron chi connectivity index (χ2n) is 5.17. The van der Waals surface area contributed by atoms with Crippen LogP contribution in [0, 0.1) is 0 Å². The maximum absolute atomic E-state index is 10.9. The molecule has 1 atom stereocenters. The van der Waals surface area contributed by atoms with Gasteiger partial charge in [-0.25, -0.2) is 0 Å². The quantitative estimate of drug-likeness (QED) is 0.787. The molecular weight excluding hydrogens is 204 g/mol. The van der Waals surface area contributed by atoms with E-state index in [0.717, 1.165) is 19.6 Å². The van der Waals surface area contributed by atoms with Gasteiger partial charge < -0.3 is 5.11 Å². The summed E-state index contributed by atoms with van der Waals surface area (Å²) in [5.41, 5.74) is 0. The average Bonchev–Trinajstić information content (AvgIpc) is 2.15. The minimum Gasteiger partial charge on any atom is -0.481 e. The van der Waals surface area contributed by atoms with Crippen molar-refractivity contribution in [2.24, 2.45) is 0 Å². The summed E-state index contributed by atoms with van der Waals surface area (Å²) in [6.45, 7) is 11.5. The van der Waals surface area contributed by atoms with E-state index < -0.39 is 5.97 Å². The zero-order chi connectivity index (χ0) is 12.3. The highest BCUT2D eigenvalue weighted by atomic mass is 16.4. The van der Waals surface area contributed by atoms with Crippen LogP contribution in [0.25, 0.3) is 0 Å². The lowest BCUT2D eigenvalue weighted by Crippen LogP contribution is -2.57. The number of piperazine rings is 1. The van der Waals surface area contributed by atoms with Crippen LogP contribution in [0.4, 0.5) is 0 Å². The van der Waals surface area contributed by atoms with Gasteiger partial charge in [-0.1, -0.05) is 0 Å². The molecule has 1 saturated heterocycles. The summed E-state index contributed by atoms with van der Waals surface area (Å²) < 4.78 is 0. The minimum absolute atomic E-state index is 0.161. The first-order valence-corrected chi connectivity index (χ1v) is 6.13. The molecule has 16 heavy (non-hydrogen) atoms. The maximum Gasteiger partial charge on any atom is 0.304 e. The Morgan fingerprint density at radius 2 is 1.88 bits per heavy atom. The van der Waals surface area contributed by atoms with E-state index in [4.69, 9.17) is 5.11 Å². The molecule has 0 spiro atoms. The number of aliphatic carboxylic acids is 1.